The van der Waals surface area contributed by atoms with Crippen LogP contribution in [0.5, 0.6) is 0 Å². The van der Waals surface area contributed by atoms with Crippen molar-refractivity contribution < 1.29 is 103 Å². The van der Waals surface area contributed by atoms with Gasteiger partial charge >= 0.3 is 17.9 Å². The van der Waals surface area contributed by atoms with Gasteiger partial charge in [0.15, 0.2) is 31.1 Å². The van der Waals surface area contributed by atoms with Gasteiger partial charge in [0, 0.05) is 13.8 Å². The molecule has 392 valence electrons. The van der Waals surface area contributed by atoms with Crippen LogP contribution in [0.3, 0.4) is 0 Å². The van der Waals surface area contributed by atoms with Gasteiger partial charge in [-0.1, -0.05) is 96.8 Å². The van der Waals surface area contributed by atoms with Gasteiger partial charge in [-0.05, 0) is 38.5 Å². The van der Waals surface area contributed by atoms with Gasteiger partial charge in [0.25, 0.3) is 0 Å². The van der Waals surface area contributed by atoms with Gasteiger partial charge in [0.2, 0.25) is 0 Å². The Labute approximate surface area is 393 Å². The highest BCUT2D eigenvalue weighted by atomic mass is 16.8. The van der Waals surface area contributed by atoms with Crippen molar-refractivity contribution in [1.82, 2.24) is 0 Å². The lowest BCUT2D eigenvalue weighted by atomic mass is 9.98. The van der Waals surface area contributed by atoms with Crippen LogP contribution in [0.1, 0.15) is 149 Å². The summed E-state index contributed by atoms with van der Waals surface area (Å²) in [6, 6.07) is 0. The zero-order valence-electron chi connectivity index (χ0n) is 39.5. The van der Waals surface area contributed by atoms with E-state index >= 15 is 0 Å². The number of rotatable bonds is 33. The summed E-state index contributed by atoms with van der Waals surface area (Å²) in [6.45, 7) is 2.89. The Hall–Kier alpha value is -2.19. The SMILES string of the molecule is CCCC[C@H](CCC[C@H](O)[C@@H](O)CCCCCCCCCCCCCC[C@H](O)C(=O)O)OC1OCC(O)C(O)C1OC1OCC(O)C(O)C1OC1OC(COC(C)=O)C(OC(C)=O)C(O)C1O. The fourth-order valence-electron chi connectivity index (χ4n) is 8.48. The molecule has 0 amide bonds. The summed E-state index contributed by atoms with van der Waals surface area (Å²) in [5.41, 5.74) is 0. The van der Waals surface area contributed by atoms with Gasteiger partial charge in [-0.3, -0.25) is 9.59 Å². The molecule has 0 aromatic heterocycles. The first kappa shape index (κ1) is 59.1. The zero-order chi connectivity index (χ0) is 49.5. The van der Waals surface area contributed by atoms with E-state index in [1.54, 1.807) is 0 Å². The number of hydrogen-bond acceptors (Lipinski definition) is 20. The molecule has 0 spiro atoms. The number of aliphatic hydroxyl groups is 9. The van der Waals surface area contributed by atoms with E-state index in [0.29, 0.717) is 38.5 Å². The van der Waals surface area contributed by atoms with Crippen molar-refractivity contribution in [1.29, 1.82) is 0 Å². The molecule has 3 heterocycles. The molecule has 3 fully saturated rings. The van der Waals surface area contributed by atoms with Crippen LogP contribution in [-0.4, -0.2) is 193 Å². The van der Waals surface area contributed by atoms with Crippen LogP contribution < -0.4 is 0 Å². The molecule has 21 heteroatoms. The van der Waals surface area contributed by atoms with E-state index in [-0.39, 0.29) is 6.61 Å². The summed E-state index contributed by atoms with van der Waals surface area (Å²) in [5.74, 6) is -2.71. The minimum absolute atomic E-state index is 0.300. The van der Waals surface area contributed by atoms with E-state index in [4.69, 9.17) is 43.0 Å². The van der Waals surface area contributed by atoms with Gasteiger partial charge in [-0.25, -0.2) is 4.79 Å². The van der Waals surface area contributed by atoms with Crippen LogP contribution in [0.4, 0.5) is 0 Å². The van der Waals surface area contributed by atoms with Crippen LogP contribution in [0.25, 0.3) is 0 Å². The van der Waals surface area contributed by atoms with Crippen molar-refractivity contribution in [2.45, 2.75) is 254 Å². The van der Waals surface area contributed by atoms with Crippen LogP contribution >= 0.6 is 0 Å². The molecule has 3 aliphatic rings. The number of aliphatic hydroxyl groups excluding tert-OH is 9. The second-order valence-corrected chi connectivity index (χ2v) is 18.3. The molecule has 13 unspecified atom stereocenters. The van der Waals surface area contributed by atoms with Crippen LogP contribution in [0.2, 0.25) is 0 Å². The molecule has 0 radical (unpaired) electrons. The maximum Gasteiger partial charge on any atom is 0.332 e. The van der Waals surface area contributed by atoms with Crippen molar-refractivity contribution in [3.8, 4) is 0 Å². The summed E-state index contributed by atoms with van der Waals surface area (Å²) < 4.78 is 45.8. The molecule has 67 heavy (non-hydrogen) atoms. The van der Waals surface area contributed by atoms with Crippen LogP contribution in [0, 0.1) is 0 Å². The largest absolute Gasteiger partial charge is 0.479 e. The number of carboxylic acids is 1. The predicted molar refractivity (Wildman–Crippen MR) is 235 cm³/mol. The molecule has 3 saturated heterocycles. The highest BCUT2D eigenvalue weighted by Crippen LogP contribution is 2.32. The third-order valence-electron chi connectivity index (χ3n) is 12.5. The third kappa shape index (κ3) is 21.0. The molecule has 0 aromatic rings. The van der Waals surface area contributed by atoms with Gasteiger partial charge in [0.05, 0.1) is 31.5 Å². The van der Waals surface area contributed by atoms with Crippen molar-refractivity contribution in [3.63, 3.8) is 0 Å². The van der Waals surface area contributed by atoms with Crippen molar-refractivity contribution in [2.24, 2.45) is 0 Å². The van der Waals surface area contributed by atoms with E-state index in [9.17, 15) is 60.3 Å². The van der Waals surface area contributed by atoms with E-state index in [1.807, 2.05) is 6.92 Å². The number of esters is 2. The molecule has 3 aliphatic heterocycles. The standard InChI is InChI=1S/C46H82O21/c1-4-5-19-29(20-18-23-31(50)30(49)21-16-14-12-10-8-6-7-9-11-13-15-17-22-32(51)43(58)59)64-45-41(36(54)33(52)24-61-45)67-46-42(37(55)34(53)25-62-46)66-44-39(57)38(56)40(63-28(3)48)35(65-44)26-60-27(2)47/h29-42,44-46,49-57H,4-26H2,1-3H3,(H,58,59)/t29-,30+,31+,32+,33?,34?,35?,36?,37?,38?,39?,40?,41?,42?,44?,45?,46?/m1/s1. The molecule has 21 nitrogen and oxygen atoms in total. The number of ether oxygens (including phenoxy) is 8. The Morgan fingerprint density at radius 3 is 1.55 bits per heavy atom. The van der Waals surface area contributed by atoms with Gasteiger partial charge < -0.3 is 89.0 Å². The number of carboxylic acid groups (broad SMARTS) is 1. The lowest BCUT2D eigenvalue weighted by Crippen LogP contribution is -2.65. The van der Waals surface area contributed by atoms with Crippen molar-refractivity contribution in [3.05, 3.63) is 0 Å². The molecule has 17 atom stereocenters. The van der Waals surface area contributed by atoms with Gasteiger partial charge in [-0.15, -0.1) is 0 Å². The number of hydrogen-bond donors (Lipinski definition) is 10. The topological polar surface area (TPSA) is 327 Å². The molecule has 0 bridgehead atoms. The van der Waals surface area contributed by atoms with Crippen molar-refractivity contribution >= 4 is 17.9 Å². The minimum atomic E-state index is -1.91. The Balaban J connectivity index is 1.49. The van der Waals surface area contributed by atoms with Gasteiger partial charge in [-0.2, -0.15) is 0 Å². The lowest BCUT2D eigenvalue weighted by molar-refractivity contribution is -0.380. The van der Waals surface area contributed by atoms with E-state index in [1.165, 1.54) is 0 Å². The molecule has 0 aliphatic carbocycles. The fraction of sp³-hybridized carbons (Fsp3) is 0.935. The molecule has 0 saturated carbocycles. The monoisotopic (exact) mass is 971 g/mol. The molecule has 10 N–H and O–H groups in total. The summed E-state index contributed by atoms with van der Waals surface area (Å²) in [7, 11) is 0. The molecule has 0 aromatic carbocycles. The molecular formula is C46H82O21. The first-order valence-corrected chi connectivity index (χ1v) is 24.5. The summed E-state index contributed by atoms with van der Waals surface area (Å²) in [6.07, 6.45) is -7.76. The van der Waals surface area contributed by atoms with Gasteiger partial charge in [0.1, 0.15) is 61.5 Å². The van der Waals surface area contributed by atoms with Crippen LogP contribution in [-0.2, 0) is 52.3 Å². The Bertz CT molecular complexity index is 1380. The molecular weight excluding hydrogens is 888 g/mol. The average molecular weight is 971 g/mol. The third-order valence-corrected chi connectivity index (χ3v) is 12.5. The second kappa shape index (κ2) is 31.9. The smallest absolute Gasteiger partial charge is 0.332 e. The number of aliphatic carboxylic acids is 1. The summed E-state index contributed by atoms with van der Waals surface area (Å²) in [5, 5.41) is 105. The summed E-state index contributed by atoms with van der Waals surface area (Å²) in [4.78, 5) is 34.0. The number of carbonyl (C=O) groups excluding carboxylic acids is 2. The highest BCUT2D eigenvalue weighted by molar-refractivity contribution is 5.71. The minimum Gasteiger partial charge on any atom is -0.479 e. The van der Waals surface area contributed by atoms with E-state index < -0.39 is 135 Å². The normalized spacial score (nSPS) is 32.0. The second-order valence-electron chi connectivity index (χ2n) is 18.3. The average Bonchev–Trinajstić information content (AvgIpc) is 3.28. The maximum absolute atomic E-state index is 11.8. The maximum atomic E-state index is 11.8. The Kier molecular flexibility index (Phi) is 28.2. The van der Waals surface area contributed by atoms with E-state index in [2.05, 4.69) is 0 Å². The van der Waals surface area contributed by atoms with Crippen molar-refractivity contribution in [2.75, 3.05) is 19.8 Å². The Morgan fingerprint density at radius 2 is 1.03 bits per heavy atom. The lowest BCUT2D eigenvalue weighted by Gasteiger charge is -2.46. The van der Waals surface area contributed by atoms with Crippen LogP contribution in [0.15, 0.2) is 0 Å². The first-order chi connectivity index (χ1) is 31.9. The first-order valence-electron chi connectivity index (χ1n) is 24.5. The number of unbranched alkanes of at least 4 members (excludes halogenated alkanes) is 12. The summed E-state index contributed by atoms with van der Waals surface area (Å²) >= 11 is 0. The zero-order valence-corrected chi connectivity index (χ0v) is 39.5. The number of carbonyl (C=O) groups is 3. The quantitative estimate of drug-likeness (QED) is 0.0327. The Morgan fingerprint density at radius 1 is 0.552 bits per heavy atom. The van der Waals surface area contributed by atoms with E-state index in [0.717, 1.165) is 104 Å². The fourth-order valence-corrected chi connectivity index (χ4v) is 8.48. The molecule has 3 rings (SSSR count). The highest BCUT2D eigenvalue weighted by Gasteiger charge is 2.52. The predicted octanol–water partition coefficient (Wildman–Crippen LogP) is 1.23.